The molecule has 0 aliphatic carbocycles. The molecular formula is C18H28N2S2. The van der Waals surface area contributed by atoms with Crippen molar-refractivity contribution in [2.24, 2.45) is 11.5 Å². The topological polar surface area (TPSA) is 52.0 Å². The third kappa shape index (κ3) is 6.21. The number of aryl methyl sites for hydroxylation is 2. The number of unbranched alkanes of at least 4 members (excludes halogenated alkanes) is 1. The normalized spacial score (nSPS) is 14.2. The van der Waals surface area contributed by atoms with Gasteiger partial charge >= 0.3 is 0 Å². The molecule has 0 spiro atoms. The summed E-state index contributed by atoms with van der Waals surface area (Å²) in [5.74, 6) is 0. The van der Waals surface area contributed by atoms with E-state index < -0.39 is 0 Å². The summed E-state index contributed by atoms with van der Waals surface area (Å²) in [4.78, 5) is 5.84. The Morgan fingerprint density at radius 2 is 1.09 bits per heavy atom. The van der Waals surface area contributed by atoms with Gasteiger partial charge in [-0.15, -0.1) is 22.7 Å². The minimum Gasteiger partial charge on any atom is -0.328 e. The molecular weight excluding hydrogens is 308 g/mol. The van der Waals surface area contributed by atoms with Crippen LogP contribution in [0.5, 0.6) is 0 Å². The van der Waals surface area contributed by atoms with Gasteiger partial charge in [0, 0.05) is 31.6 Å². The van der Waals surface area contributed by atoms with Crippen LogP contribution in [0.4, 0.5) is 0 Å². The minimum atomic E-state index is 0.260. The lowest BCUT2D eigenvalue weighted by atomic mass is 10.1. The molecule has 122 valence electrons. The molecule has 2 aromatic rings. The Hall–Kier alpha value is -0.680. The molecule has 22 heavy (non-hydrogen) atoms. The Morgan fingerprint density at radius 1 is 0.727 bits per heavy atom. The van der Waals surface area contributed by atoms with Crippen LogP contribution in [-0.4, -0.2) is 12.1 Å². The lowest BCUT2D eigenvalue weighted by Gasteiger charge is -2.01. The van der Waals surface area contributed by atoms with Gasteiger partial charge in [0.15, 0.2) is 0 Å². The molecule has 0 amide bonds. The minimum absolute atomic E-state index is 0.260. The summed E-state index contributed by atoms with van der Waals surface area (Å²) in [6.07, 6.45) is 6.92. The first-order valence-electron chi connectivity index (χ1n) is 8.19. The Morgan fingerprint density at radius 3 is 1.45 bits per heavy atom. The van der Waals surface area contributed by atoms with E-state index in [0.717, 1.165) is 12.8 Å². The van der Waals surface area contributed by atoms with Gasteiger partial charge in [-0.05, 0) is 76.6 Å². The molecule has 2 unspecified atom stereocenters. The molecule has 4 N–H and O–H groups in total. The third-order valence-electron chi connectivity index (χ3n) is 3.58. The molecule has 2 atom stereocenters. The van der Waals surface area contributed by atoms with E-state index in [1.165, 1.54) is 45.2 Å². The van der Waals surface area contributed by atoms with Crippen molar-refractivity contribution in [3.05, 3.63) is 43.8 Å². The van der Waals surface area contributed by atoms with Gasteiger partial charge in [-0.3, -0.25) is 0 Å². The molecule has 2 aromatic heterocycles. The van der Waals surface area contributed by atoms with Gasteiger partial charge in [-0.2, -0.15) is 0 Å². The van der Waals surface area contributed by atoms with Crippen molar-refractivity contribution in [3.63, 3.8) is 0 Å². The highest BCUT2D eigenvalue weighted by Gasteiger charge is 2.05. The molecule has 0 aliphatic rings. The quantitative estimate of drug-likeness (QED) is 0.676. The van der Waals surface area contributed by atoms with Gasteiger partial charge in [0.1, 0.15) is 0 Å². The Kier molecular flexibility index (Phi) is 7.09. The Balaban J connectivity index is 1.68. The van der Waals surface area contributed by atoms with Gasteiger partial charge < -0.3 is 11.5 Å². The smallest absolute Gasteiger partial charge is 0.00634 e. The number of rotatable bonds is 9. The zero-order chi connectivity index (χ0) is 15.9. The first-order valence-corrected chi connectivity index (χ1v) is 9.82. The van der Waals surface area contributed by atoms with Gasteiger partial charge in [-0.25, -0.2) is 0 Å². The summed E-state index contributed by atoms with van der Waals surface area (Å²) >= 11 is 3.85. The summed E-state index contributed by atoms with van der Waals surface area (Å²) in [5.41, 5.74) is 11.7. The molecule has 0 fully saturated rings. The summed E-state index contributed by atoms with van der Waals surface area (Å²) in [7, 11) is 0. The van der Waals surface area contributed by atoms with Crippen molar-refractivity contribution in [1.82, 2.24) is 0 Å². The number of thiophene rings is 2. The van der Waals surface area contributed by atoms with Crippen LogP contribution in [-0.2, 0) is 25.7 Å². The fourth-order valence-electron chi connectivity index (χ4n) is 2.57. The van der Waals surface area contributed by atoms with Gasteiger partial charge in [0.25, 0.3) is 0 Å². The zero-order valence-electron chi connectivity index (χ0n) is 13.7. The molecule has 2 rings (SSSR count). The van der Waals surface area contributed by atoms with E-state index >= 15 is 0 Å². The molecule has 0 radical (unpaired) electrons. The van der Waals surface area contributed by atoms with E-state index in [2.05, 4.69) is 38.1 Å². The van der Waals surface area contributed by atoms with Crippen molar-refractivity contribution in [2.45, 2.75) is 64.5 Å². The molecule has 0 saturated carbocycles. The van der Waals surface area contributed by atoms with Crippen molar-refractivity contribution >= 4 is 22.7 Å². The van der Waals surface area contributed by atoms with Gasteiger partial charge in [-0.1, -0.05) is 0 Å². The van der Waals surface area contributed by atoms with Crippen molar-refractivity contribution in [3.8, 4) is 0 Å². The zero-order valence-corrected chi connectivity index (χ0v) is 15.3. The number of nitrogens with two attached hydrogens (primary N) is 2. The summed E-state index contributed by atoms with van der Waals surface area (Å²) in [6.45, 7) is 4.14. The fraction of sp³-hybridized carbons (Fsp3) is 0.556. The average molecular weight is 337 g/mol. The average Bonchev–Trinajstić information content (AvgIpc) is 3.03. The predicted molar refractivity (Wildman–Crippen MR) is 100.0 cm³/mol. The first kappa shape index (κ1) is 17.7. The third-order valence-corrected chi connectivity index (χ3v) is 5.91. The van der Waals surface area contributed by atoms with Crippen LogP contribution < -0.4 is 11.5 Å². The highest BCUT2D eigenvalue weighted by molar-refractivity contribution is 7.12. The summed E-state index contributed by atoms with van der Waals surface area (Å²) in [6, 6.07) is 9.54. The molecule has 4 heteroatoms. The second kappa shape index (κ2) is 8.82. The van der Waals surface area contributed by atoms with E-state index in [4.69, 9.17) is 11.5 Å². The SMILES string of the molecule is CC(N)Cc1ccc(CCCCc2ccc(CC(C)N)s2)s1. The maximum Gasteiger partial charge on any atom is 0.00634 e. The van der Waals surface area contributed by atoms with Crippen LogP contribution in [0.1, 0.15) is 46.2 Å². The Bertz CT molecular complexity index is 505. The van der Waals surface area contributed by atoms with Crippen LogP contribution in [0, 0.1) is 0 Å². The molecule has 2 nitrogen and oxygen atoms in total. The predicted octanol–water partition coefficient (Wildman–Crippen LogP) is 4.15. The molecule has 0 aliphatic heterocycles. The number of hydrogen-bond donors (Lipinski definition) is 2. The molecule has 0 aromatic carbocycles. The van der Waals surface area contributed by atoms with Crippen LogP contribution >= 0.6 is 22.7 Å². The van der Waals surface area contributed by atoms with Crippen molar-refractivity contribution in [1.29, 1.82) is 0 Å². The molecule has 2 heterocycles. The van der Waals surface area contributed by atoms with Crippen LogP contribution in [0.15, 0.2) is 24.3 Å². The van der Waals surface area contributed by atoms with Gasteiger partial charge in [0.2, 0.25) is 0 Å². The highest BCUT2D eigenvalue weighted by Crippen LogP contribution is 2.22. The molecule has 0 saturated heterocycles. The Labute approximate surface area is 142 Å². The van der Waals surface area contributed by atoms with E-state index in [9.17, 15) is 0 Å². The second-order valence-corrected chi connectivity index (χ2v) is 8.81. The van der Waals surface area contributed by atoms with Crippen LogP contribution in [0.25, 0.3) is 0 Å². The summed E-state index contributed by atoms with van der Waals surface area (Å²) in [5, 5.41) is 0. The molecule has 0 bridgehead atoms. The summed E-state index contributed by atoms with van der Waals surface area (Å²) < 4.78 is 0. The number of hydrogen-bond acceptors (Lipinski definition) is 4. The van der Waals surface area contributed by atoms with E-state index in [1.54, 1.807) is 0 Å². The maximum absolute atomic E-state index is 5.85. The van der Waals surface area contributed by atoms with Crippen LogP contribution in [0.3, 0.4) is 0 Å². The lowest BCUT2D eigenvalue weighted by Crippen LogP contribution is -2.16. The van der Waals surface area contributed by atoms with Gasteiger partial charge in [0.05, 0.1) is 0 Å². The largest absolute Gasteiger partial charge is 0.328 e. The monoisotopic (exact) mass is 336 g/mol. The van der Waals surface area contributed by atoms with Crippen molar-refractivity contribution in [2.75, 3.05) is 0 Å². The second-order valence-electron chi connectivity index (χ2n) is 6.31. The van der Waals surface area contributed by atoms with Crippen LogP contribution in [0.2, 0.25) is 0 Å². The first-order chi connectivity index (χ1) is 10.5. The highest BCUT2D eigenvalue weighted by atomic mass is 32.1. The maximum atomic E-state index is 5.85. The fourth-order valence-corrected chi connectivity index (χ4v) is 4.97. The van der Waals surface area contributed by atoms with Crippen molar-refractivity contribution < 1.29 is 0 Å². The van der Waals surface area contributed by atoms with E-state index in [-0.39, 0.29) is 12.1 Å². The van der Waals surface area contributed by atoms with E-state index in [0.29, 0.717) is 0 Å². The standard InChI is InChI=1S/C18H28N2S2/c1-13(19)11-17-9-7-15(21-17)5-3-4-6-16-8-10-18(22-16)12-14(2)20/h7-10,13-14H,3-6,11-12,19-20H2,1-2H3. The van der Waals surface area contributed by atoms with E-state index in [1.807, 2.05) is 22.7 Å². The lowest BCUT2D eigenvalue weighted by molar-refractivity contribution is 0.745.